The fourth-order valence-corrected chi connectivity index (χ4v) is 1.76. The molecule has 7 nitrogen and oxygen atoms in total. The quantitative estimate of drug-likeness (QED) is 0.494. The van der Waals surface area contributed by atoms with E-state index in [0.717, 1.165) is 0 Å². The van der Waals surface area contributed by atoms with Gasteiger partial charge >= 0.3 is 0 Å². The SMILES string of the molecule is CC(=O)c1ccc(NC[C@H]2COCO2)c([N+](=O)[O-])c1. The molecule has 0 bridgehead atoms. The van der Waals surface area contributed by atoms with Crippen molar-refractivity contribution in [2.75, 3.05) is 25.3 Å². The smallest absolute Gasteiger partial charge is 0.293 e. The van der Waals surface area contributed by atoms with Gasteiger partial charge in [0.2, 0.25) is 0 Å². The fraction of sp³-hybridized carbons (Fsp3) is 0.417. The van der Waals surface area contributed by atoms with Crippen LogP contribution in [0.1, 0.15) is 17.3 Å². The van der Waals surface area contributed by atoms with Crippen molar-refractivity contribution >= 4 is 17.2 Å². The Morgan fingerprint density at radius 3 is 2.95 bits per heavy atom. The Hall–Kier alpha value is -1.99. The third-order valence-electron chi connectivity index (χ3n) is 2.81. The number of nitrogens with zero attached hydrogens (tertiary/aromatic N) is 1. The van der Waals surface area contributed by atoms with Crippen LogP contribution in [0.5, 0.6) is 0 Å². The molecule has 0 saturated carbocycles. The van der Waals surface area contributed by atoms with Gasteiger partial charge in [-0.05, 0) is 19.1 Å². The van der Waals surface area contributed by atoms with Gasteiger partial charge in [0.05, 0.1) is 11.5 Å². The van der Waals surface area contributed by atoms with Gasteiger partial charge in [-0.1, -0.05) is 0 Å². The molecule has 0 spiro atoms. The van der Waals surface area contributed by atoms with E-state index in [1.54, 1.807) is 6.07 Å². The number of nitro groups is 1. The fourth-order valence-electron chi connectivity index (χ4n) is 1.76. The van der Waals surface area contributed by atoms with Crippen molar-refractivity contribution < 1.29 is 19.2 Å². The summed E-state index contributed by atoms with van der Waals surface area (Å²) in [5.74, 6) is -0.206. The lowest BCUT2D eigenvalue weighted by atomic mass is 10.1. The van der Waals surface area contributed by atoms with Crippen molar-refractivity contribution in [3.8, 4) is 0 Å². The third kappa shape index (κ3) is 3.27. The molecule has 1 aliphatic rings. The Morgan fingerprint density at radius 2 is 2.37 bits per heavy atom. The molecule has 1 heterocycles. The van der Waals surface area contributed by atoms with Gasteiger partial charge in [0.1, 0.15) is 18.6 Å². The zero-order valence-electron chi connectivity index (χ0n) is 10.4. The van der Waals surface area contributed by atoms with Gasteiger partial charge in [0, 0.05) is 18.2 Å². The van der Waals surface area contributed by atoms with Gasteiger partial charge < -0.3 is 14.8 Å². The summed E-state index contributed by atoms with van der Waals surface area (Å²) in [6.07, 6.45) is -0.118. The van der Waals surface area contributed by atoms with E-state index < -0.39 is 4.92 Å². The maximum absolute atomic E-state index is 11.2. The lowest BCUT2D eigenvalue weighted by Gasteiger charge is -2.11. The number of nitrogens with one attached hydrogen (secondary N) is 1. The van der Waals surface area contributed by atoms with Crippen molar-refractivity contribution in [3.05, 3.63) is 33.9 Å². The van der Waals surface area contributed by atoms with Crippen LogP contribution in [0.3, 0.4) is 0 Å². The molecule has 0 radical (unpaired) electrons. The number of ketones is 1. The molecular formula is C12H14N2O5. The van der Waals surface area contributed by atoms with Gasteiger partial charge in [-0.25, -0.2) is 0 Å². The number of carbonyl (C=O) groups is 1. The van der Waals surface area contributed by atoms with Crippen molar-refractivity contribution in [2.45, 2.75) is 13.0 Å². The van der Waals surface area contributed by atoms with Crippen molar-refractivity contribution in [2.24, 2.45) is 0 Å². The highest BCUT2D eigenvalue weighted by molar-refractivity contribution is 5.95. The zero-order chi connectivity index (χ0) is 13.8. The van der Waals surface area contributed by atoms with Gasteiger partial charge in [0.25, 0.3) is 5.69 Å². The monoisotopic (exact) mass is 266 g/mol. The highest BCUT2D eigenvalue weighted by Crippen LogP contribution is 2.26. The average Bonchev–Trinajstić information content (AvgIpc) is 2.89. The minimum absolute atomic E-state index is 0.118. The van der Waals surface area contributed by atoms with E-state index in [0.29, 0.717) is 24.4 Å². The van der Waals surface area contributed by atoms with E-state index in [1.165, 1.54) is 19.1 Å². The first-order chi connectivity index (χ1) is 9.08. The largest absolute Gasteiger partial charge is 0.377 e. The molecule has 7 heteroatoms. The second-order valence-electron chi connectivity index (χ2n) is 4.20. The van der Waals surface area contributed by atoms with Crippen LogP contribution in [0, 0.1) is 10.1 Å². The Kier molecular flexibility index (Phi) is 4.08. The average molecular weight is 266 g/mol. The van der Waals surface area contributed by atoms with E-state index in [-0.39, 0.29) is 24.4 Å². The van der Waals surface area contributed by atoms with Crippen molar-refractivity contribution in [3.63, 3.8) is 0 Å². The molecule has 0 unspecified atom stereocenters. The van der Waals surface area contributed by atoms with Crippen molar-refractivity contribution in [1.82, 2.24) is 0 Å². The van der Waals surface area contributed by atoms with Crippen LogP contribution in [-0.4, -0.2) is 36.8 Å². The maximum Gasteiger partial charge on any atom is 0.293 e. The number of anilines is 1. The van der Waals surface area contributed by atoms with Gasteiger partial charge in [0.15, 0.2) is 5.78 Å². The van der Waals surface area contributed by atoms with Crippen LogP contribution in [0.2, 0.25) is 0 Å². The number of rotatable bonds is 5. The molecule has 102 valence electrons. The molecule has 0 aromatic heterocycles. The summed E-state index contributed by atoms with van der Waals surface area (Å²) in [5, 5.41) is 13.9. The number of Topliss-reactive ketones (excluding diaryl/α,β-unsaturated/α-hetero) is 1. The van der Waals surface area contributed by atoms with Crippen LogP contribution in [0.25, 0.3) is 0 Å². The molecule has 1 saturated heterocycles. The molecular weight excluding hydrogens is 252 g/mol. The van der Waals surface area contributed by atoms with Crippen molar-refractivity contribution in [1.29, 1.82) is 0 Å². The molecule has 1 aromatic carbocycles. The summed E-state index contributed by atoms with van der Waals surface area (Å²) in [6.45, 7) is 2.50. The summed E-state index contributed by atoms with van der Waals surface area (Å²) >= 11 is 0. The maximum atomic E-state index is 11.2. The summed E-state index contributed by atoms with van der Waals surface area (Å²) in [4.78, 5) is 21.7. The molecule has 1 fully saturated rings. The van der Waals surface area contributed by atoms with Gasteiger partial charge in [-0.3, -0.25) is 14.9 Å². The highest BCUT2D eigenvalue weighted by Gasteiger charge is 2.19. The first kappa shape index (κ1) is 13.4. The molecule has 0 aliphatic carbocycles. The summed E-state index contributed by atoms with van der Waals surface area (Å²) < 4.78 is 10.3. The molecule has 1 N–H and O–H groups in total. The topological polar surface area (TPSA) is 90.7 Å². The van der Waals surface area contributed by atoms with E-state index in [1.807, 2.05) is 0 Å². The molecule has 1 aliphatic heterocycles. The minimum atomic E-state index is -0.513. The normalized spacial score (nSPS) is 18.3. The number of benzene rings is 1. The summed E-state index contributed by atoms with van der Waals surface area (Å²) in [5.41, 5.74) is 0.565. The van der Waals surface area contributed by atoms with Gasteiger partial charge in [-0.15, -0.1) is 0 Å². The lowest BCUT2D eigenvalue weighted by Crippen LogP contribution is -2.21. The van der Waals surface area contributed by atoms with E-state index in [9.17, 15) is 14.9 Å². The standard InChI is InChI=1S/C12H14N2O5/c1-8(15)9-2-3-11(12(4-9)14(16)17)13-5-10-6-18-7-19-10/h2-4,10,13H,5-7H2,1H3/t10-/m0/s1. The molecule has 1 atom stereocenters. The second kappa shape index (κ2) is 5.77. The Balaban J connectivity index is 2.14. The number of hydrogen-bond donors (Lipinski definition) is 1. The highest BCUT2D eigenvalue weighted by atomic mass is 16.7. The van der Waals surface area contributed by atoms with Crippen LogP contribution in [-0.2, 0) is 9.47 Å². The van der Waals surface area contributed by atoms with Crippen LogP contribution < -0.4 is 5.32 Å². The lowest BCUT2D eigenvalue weighted by molar-refractivity contribution is -0.384. The van der Waals surface area contributed by atoms with Crippen LogP contribution in [0.15, 0.2) is 18.2 Å². The van der Waals surface area contributed by atoms with Gasteiger partial charge in [-0.2, -0.15) is 0 Å². The minimum Gasteiger partial charge on any atom is -0.377 e. The predicted octanol–water partition coefficient (Wildman–Crippen LogP) is 1.58. The molecule has 19 heavy (non-hydrogen) atoms. The van der Waals surface area contributed by atoms with Crippen LogP contribution >= 0.6 is 0 Å². The zero-order valence-corrected chi connectivity index (χ0v) is 10.4. The van der Waals surface area contributed by atoms with E-state index in [2.05, 4.69) is 5.32 Å². The Labute approximate surface area is 109 Å². The first-order valence-electron chi connectivity index (χ1n) is 5.80. The number of ether oxygens (including phenoxy) is 2. The number of nitro benzene ring substituents is 1. The predicted molar refractivity (Wildman–Crippen MR) is 67.3 cm³/mol. The Morgan fingerprint density at radius 1 is 1.58 bits per heavy atom. The second-order valence-corrected chi connectivity index (χ2v) is 4.20. The Bertz CT molecular complexity index is 497. The summed E-state index contributed by atoms with van der Waals surface area (Å²) in [6, 6.07) is 4.37. The van der Waals surface area contributed by atoms with Crippen LogP contribution in [0.4, 0.5) is 11.4 Å². The van der Waals surface area contributed by atoms with E-state index in [4.69, 9.17) is 9.47 Å². The molecule has 1 aromatic rings. The third-order valence-corrected chi connectivity index (χ3v) is 2.81. The van der Waals surface area contributed by atoms with E-state index >= 15 is 0 Å². The first-order valence-corrected chi connectivity index (χ1v) is 5.80. The molecule has 2 rings (SSSR count). The molecule has 0 amide bonds. The number of carbonyl (C=O) groups excluding carboxylic acids is 1. The number of hydrogen-bond acceptors (Lipinski definition) is 6. The summed E-state index contributed by atoms with van der Waals surface area (Å²) in [7, 11) is 0.